The second-order valence-electron chi connectivity index (χ2n) is 3.54. The Hall–Kier alpha value is -1.30. The fourth-order valence-corrected chi connectivity index (χ4v) is 1.53. The Morgan fingerprint density at radius 1 is 1.17 bits per heavy atom. The summed E-state index contributed by atoms with van der Waals surface area (Å²) in [4.78, 5) is 5.21. The highest BCUT2D eigenvalue weighted by molar-refractivity contribution is 5.46. The number of methoxy groups -OCH3 is 2. The van der Waals surface area contributed by atoms with Gasteiger partial charge in [-0.1, -0.05) is 12.1 Å². The van der Waals surface area contributed by atoms with Gasteiger partial charge < -0.3 is 14.2 Å². The summed E-state index contributed by atoms with van der Waals surface area (Å²) in [6.07, 6.45) is 0. The zero-order chi connectivity index (χ0) is 13.2. The molecule has 5 heteroatoms. The molecule has 5 nitrogen and oxygen atoms in total. The lowest BCUT2D eigenvalue weighted by atomic mass is 10.2. The molecule has 0 atom stereocenters. The molecular formula is C13H21NO4. The number of hydroxylamine groups is 1. The first-order valence-corrected chi connectivity index (χ1v) is 5.95. The lowest BCUT2D eigenvalue weighted by Crippen LogP contribution is -2.17. The maximum atomic E-state index is 5.50. The highest BCUT2D eigenvalue weighted by Gasteiger charge is 2.09. The Morgan fingerprint density at radius 3 is 2.67 bits per heavy atom. The molecule has 0 heterocycles. The molecule has 0 saturated heterocycles. The maximum Gasteiger partial charge on any atom is 0.165 e. The molecule has 1 aromatic carbocycles. The summed E-state index contributed by atoms with van der Waals surface area (Å²) < 4.78 is 15.7. The predicted molar refractivity (Wildman–Crippen MR) is 68.8 cm³/mol. The van der Waals surface area contributed by atoms with Gasteiger partial charge in [-0.15, -0.1) is 0 Å². The molecule has 0 unspecified atom stereocenters. The normalized spacial score (nSPS) is 10.4. The quantitative estimate of drug-likeness (QED) is 0.538. The van der Waals surface area contributed by atoms with Crippen molar-refractivity contribution in [3.63, 3.8) is 0 Å². The lowest BCUT2D eigenvalue weighted by molar-refractivity contribution is 0.00318. The summed E-state index contributed by atoms with van der Waals surface area (Å²) in [7, 11) is 3.27. The third kappa shape index (κ3) is 4.52. The monoisotopic (exact) mass is 255 g/mol. The van der Waals surface area contributed by atoms with E-state index in [0.717, 1.165) is 17.1 Å². The fourth-order valence-electron chi connectivity index (χ4n) is 1.53. The summed E-state index contributed by atoms with van der Waals surface area (Å²) >= 11 is 0. The van der Waals surface area contributed by atoms with Crippen LogP contribution in [-0.2, 0) is 16.1 Å². The van der Waals surface area contributed by atoms with Crippen molar-refractivity contribution < 1.29 is 19.0 Å². The van der Waals surface area contributed by atoms with Crippen molar-refractivity contribution in [1.82, 2.24) is 5.48 Å². The van der Waals surface area contributed by atoms with E-state index >= 15 is 0 Å². The van der Waals surface area contributed by atoms with Crippen LogP contribution in [0.15, 0.2) is 18.2 Å². The van der Waals surface area contributed by atoms with E-state index < -0.39 is 0 Å². The minimum absolute atomic E-state index is 0.504. The van der Waals surface area contributed by atoms with Crippen LogP contribution in [0.1, 0.15) is 12.5 Å². The maximum absolute atomic E-state index is 5.50. The van der Waals surface area contributed by atoms with Crippen molar-refractivity contribution in [2.45, 2.75) is 13.5 Å². The van der Waals surface area contributed by atoms with E-state index in [1.807, 2.05) is 25.1 Å². The molecule has 0 amide bonds. The smallest absolute Gasteiger partial charge is 0.165 e. The summed E-state index contributed by atoms with van der Waals surface area (Å²) in [5, 5.41) is 0. The van der Waals surface area contributed by atoms with Crippen molar-refractivity contribution >= 4 is 0 Å². The summed E-state index contributed by atoms with van der Waals surface area (Å²) in [5.41, 5.74) is 3.85. The van der Waals surface area contributed by atoms with E-state index in [1.165, 1.54) is 0 Å². The van der Waals surface area contributed by atoms with E-state index in [1.54, 1.807) is 14.2 Å². The molecule has 0 aromatic heterocycles. The standard InChI is InChI=1S/C13H21NO4/c1-4-17-12-7-5-6-11(13(12)16-3)10-14-18-9-8-15-2/h5-7,14H,4,8-10H2,1-3H3. The molecule has 0 saturated carbocycles. The van der Waals surface area contributed by atoms with Gasteiger partial charge in [0, 0.05) is 19.2 Å². The topological polar surface area (TPSA) is 49.0 Å². The van der Waals surface area contributed by atoms with Gasteiger partial charge in [-0.3, -0.25) is 4.84 Å². The van der Waals surface area contributed by atoms with Crippen LogP contribution in [0.25, 0.3) is 0 Å². The second-order valence-corrected chi connectivity index (χ2v) is 3.54. The Kier molecular flexibility index (Phi) is 7.17. The molecule has 1 aromatic rings. The fraction of sp³-hybridized carbons (Fsp3) is 0.538. The van der Waals surface area contributed by atoms with Crippen LogP contribution in [-0.4, -0.2) is 34.0 Å². The SMILES string of the molecule is CCOc1cccc(CNOCCOC)c1OC. The van der Waals surface area contributed by atoms with Crippen molar-refractivity contribution in [2.24, 2.45) is 0 Å². The number of benzene rings is 1. The van der Waals surface area contributed by atoms with Gasteiger partial charge in [0.2, 0.25) is 0 Å². The highest BCUT2D eigenvalue weighted by Crippen LogP contribution is 2.30. The van der Waals surface area contributed by atoms with Crippen molar-refractivity contribution in [3.05, 3.63) is 23.8 Å². The molecule has 0 aliphatic rings. The Balaban J connectivity index is 2.55. The molecule has 0 spiro atoms. The summed E-state index contributed by atoms with van der Waals surface area (Å²) in [6.45, 7) is 4.16. The molecule has 102 valence electrons. The number of hydrogen-bond donors (Lipinski definition) is 1. The molecule has 0 fully saturated rings. The largest absolute Gasteiger partial charge is 0.493 e. The van der Waals surface area contributed by atoms with Gasteiger partial charge >= 0.3 is 0 Å². The predicted octanol–water partition coefficient (Wildman–Crippen LogP) is 1.76. The number of rotatable bonds is 9. The van der Waals surface area contributed by atoms with Crippen molar-refractivity contribution in [2.75, 3.05) is 34.0 Å². The number of hydrogen-bond acceptors (Lipinski definition) is 5. The molecular weight excluding hydrogens is 234 g/mol. The zero-order valence-corrected chi connectivity index (χ0v) is 11.2. The van der Waals surface area contributed by atoms with E-state index in [2.05, 4.69) is 5.48 Å². The van der Waals surface area contributed by atoms with Crippen LogP contribution in [0.2, 0.25) is 0 Å². The van der Waals surface area contributed by atoms with Gasteiger partial charge in [0.25, 0.3) is 0 Å². The number of nitrogens with one attached hydrogen (secondary N) is 1. The van der Waals surface area contributed by atoms with Crippen LogP contribution in [0.4, 0.5) is 0 Å². The van der Waals surface area contributed by atoms with Crippen molar-refractivity contribution in [3.8, 4) is 11.5 Å². The molecule has 0 aliphatic carbocycles. The van der Waals surface area contributed by atoms with Gasteiger partial charge in [0.15, 0.2) is 11.5 Å². The Bertz CT molecular complexity index is 344. The van der Waals surface area contributed by atoms with Crippen LogP contribution in [0.3, 0.4) is 0 Å². The van der Waals surface area contributed by atoms with Gasteiger partial charge in [0.05, 0.1) is 26.9 Å². The van der Waals surface area contributed by atoms with Gasteiger partial charge in [-0.2, -0.15) is 5.48 Å². The third-order valence-electron chi connectivity index (χ3n) is 2.32. The Morgan fingerprint density at radius 2 is 2.00 bits per heavy atom. The molecule has 0 radical (unpaired) electrons. The molecule has 0 bridgehead atoms. The minimum Gasteiger partial charge on any atom is -0.493 e. The molecule has 1 N–H and O–H groups in total. The number of para-hydroxylation sites is 1. The zero-order valence-electron chi connectivity index (χ0n) is 11.2. The lowest BCUT2D eigenvalue weighted by Gasteiger charge is -2.14. The molecule has 18 heavy (non-hydrogen) atoms. The van der Waals surface area contributed by atoms with Gasteiger partial charge in [-0.25, -0.2) is 0 Å². The van der Waals surface area contributed by atoms with Crippen LogP contribution in [0, 0.1) is 0 Å². The number of ether oxygens (including phenoxy) is 3. The highest BCUT2D eigenvalue weighted by atomic mass is 16.7. The minimum atomic E-state index is 0.504. The Labute approximate surface area is 108 Å². The summed E-state index contributed by atoms with van der Waals surface area (Å²) in [6, 6.07) is 5.78. The second kappa shape index (κ2) is 8.74. The van der Waals surface area contributed by atoms with Crippen molar-refractivity contribution in [1.29, 1.82) is 0 Å². The first kappa shape index (κ1) is 14.8. The van der Waals surface area contributed by atoms with Gasteiger partial charge in [0.1, 0.15) is 0 Å². The van der Waals surface area contributed by atoms with E-state index in [9.17, 15) is 0 Å². The summed E-state index contributed by atoms with van der Waals surface area (Å²) in [5.74, 6) is 1.48. The third-order valence-corrected chi connectivity index (χ3v) is 2.32. The van der Waals surface area contributed by atoms with E-state index in [-0.39, 0.29) is 0 Å². The van der Waals surface area contributed by atoms with E-state index in [0.29, 0.717) is 26.4 Å². The first-order chi connectivity index (χ1) is 8.83. The molecule has 0 aliphatic heterocycles. The first-order valence-electron chi connectivity index (χ1n) is 5.95. The average Bonchev–Trinajstić information content (AvgIpc) is 2.39. The molecule has 1 rings (SSSR count). The average molecular weight is 255 g/mol. The van der Waals surface area contributed by atoms with Crippen LogP contribution < -0.4 is 15.0 Å². The van der Waals surface area contributed by atoms with Crippen LogP contribution >= 0.6 is 0 Å². The van der Waals surface area contributed by atoms with Gasteiger partial charge in [-0.05, 0) is 13.0 Å². The van der Waals surface area contributed by atoms with Crippen LogP contribution in [0.5, 0.6) is 11.5 Å². The van der Waals surface area contributed by atoms with E-state index in [4.69, 9.17) is 19.0 Å².